The fraction of sp³-hybridized carbons (Fsp3) is 0.625. The third kappa shape index (κ3) is 4.88. The molecule has 1 unspecified atom stereocenters. The second-order valence-corrected chi connectivity index (χ2v) is 5.84. The number of halogens is 1. The number of nitrogens with zero attached hydrogens (tertiary/aromatic N) is 3. The van der Waals surface area contributed by atoms with Gasteiger partial charge in [0.25, 0.3) is 5.91 Å². The van der Waals surface area contributed by atoms with Gasteiger partial charge in [-0.3, -0.25) is 14.7 Å². The molecule has 0 spiro atoms. The predicted octanol–water partition coefficient (Wildman–Crippen LogP) is 0.640. The molecule has 2 aliphatic rings. The van der Waals surface area contributed by atoms with Crippen LogP contribution >= 0.6 is 12.4 Å². The summed E-state index contributed by atoms with van der Waals surface area (Å²) < 4.78 is 5.38. The largest absolute Gasteiger partial charge is 0.379 e. The summed E-state index contributed by atoms with van der Waals surface area (Å²) in [6.07, 6.45) is 4.38. The summed E-state index contributed by atoms with van der Waals surface area (Å²) in [5.74, 6) is 0.0926. The van der Waals surface area contributed by atoms with Crippen LogP contribution in [0.1, 0.15) is 16.8 Å². The van der Waals surface area contributed by atoms with Crippen LogP contribution in [-0.4, -0.2) is 79.2 Å². The van der Waals surface area contributed by atoms with Crippen LogP contribution in [0.4, 0.5) is 0 Å². The standard InChI is InChI=1S/C16H24N4O2.ClH/c21-16(14-2-1-4-17-12-14)20(15-3-5-18-13-15)7-6-19-8-10-22-11-9-19;/h1-2,4,12,15,18H,3,5-11,13H2;1H. The van der Waals surface area contributed by atoms with E-state index < -0.39 is 0 Å². The zero-order chi connectivity index (χ0) is 15.2. The molecular formula is C16H25ClN4O2. The molecule has 23 heavy (non-hydrogen) atoms. The van der Waals surface area contributed by atoms with Gasteiger partial charge in [0.15, 0.2) is 0 Å². The lowest BCUT2D eigenvalue weighted by molar-refractivity contribution is 0.0301. The Morgan fingerprint density at radius 3 is 2.91 bits per heavy atom. The number of carbonyl (C=O) groups is 1. The molecule has 3 rings (SSSR count). The maximum absolute atomic E-state index is 12.8. The van der Waals surface area contributed by atoms with E-state index in [2.05, 4.69) is 15.2 Å². The van der Waals surface area contributed by atoms with E-state index in [1.807, 2.05) is 17.0 Å². The molecule has 0 aliphatic carbocycles. The first kappa shape index (κ1) is 18.1. The average Bonchev–Trinajstić information content (AvgIpc) is 3.11. The Kier molecular flexibility index (Phi) is 7.23. The SMILES string of the molecule is Cl.O=C(c1cccnc1)N(CCN1CCOCC1)C1CCNC1. The summed E-state index contributed by atoms with van der Waals surface area (Å²) >= 11 is 0. The summed E-state index contributed by atoms with van der Waals surface area (Å²) in [4.78, 5) is 21.3. The molecular weight excluding hydrogens is 316 g/mol. The molecule has 0 saturated carbocycles. The first-order valence-electron chi connectivity index (χ1n) is 8.06. The molecule has 2 fully saturated rings. The molecule has 1 aromatic heterocycles. The highest BCUT2D eigenvalue weighted by molar-refractivity contribution is 5.94. The number of morpholine rings is 1. The number of hydrogen-bond donors (Lipinski definition) is 1. The van der Waals surface area contributed by atoms with Gasteiger partial charge < -0.3 is 15.0 Å². The van der Waals surface area contributed by atoms with Gasteiger partial charge in [0.2, 0.25) is 0 Å². The van der Waals surface area contributed by atoms with E-state index in [-0.39, 0.29) is 24.4 Å². The molecule has 3 heterocycles. The van der Waals surface area contributed by atoms with Crippen LogP contribution < -0.4 is 5.32 Å². The van der Waals surface area contributed by atoms with Crippen LogP contribution in [0, 0.1) is 0 Å². The van der Waals surface area contributed by atoms with Gasteiger partial charge in [-0.2, -0.15) is 0 Å². The molecule has 1 N–H and O–H groups in total. The third-order valence-electron chi connectivity index (χ3n) is 4.41. The van der Waals surface area contributed by atoms with E-state index in [9.17, 15) is 4.79 Å². The Hall–Kier alpha value is -1.21. The Bertz CT molecular complexity index is 476. The quantitative estimate of drug-likeness (QED) is 0.852. The van der Waals surface area contributed by atoms with Crippen molar-refractivity contribution in [2.75, 3.05) is 52.5 Å². The van der Waals surface area contributed by atoms with Gasteiger partial charge in [0, 0.05) is 51.2 Å². The molecule has 0 bridgehead atoms. The molecule has 1 amide bonds. The van der Waals surface area contributed by atoms with Crippen molar-refractivity contribution < 1.29 is 9.53 Å². The molecule has 1 atom stereocenters. The first-order chi connectivity index (χ1) is 10.8. The lowest BCUT2D eigenvalue weighted by atomic mass is 10.1. The molecule has 2 aliphatic heterocycles. The predicted molar refractivity (Wildman–Crippen MR) is 91.1 cm³/mol. The molecule has 0 aromatic carbocycles. The molecule has 6 nitrogen and oxygen atoms in total. The number of pyridine rings is 1. The van der Waals surface area contributed by atoms with Crippen molar-refractivity contribution in [3.63, 3.8) is 0 Å². The molecule has 2 saturated heterocycles. The van der Waals surface area contributed by atoms with Crippen molar-refractivity contribution in [1.29, 1.82) is 0 Å². The average molecular weight is 341 g/mol. The number of ether oxygens (including phenoxy) is 1. The summed E-state index contributed by atoms with van der Waals surface area (Å²) in [5.41, 5.74) is 0.677. The smallest absolute Gasteiger partial charge is 0.255 e. The van der Waals surface area contributed by atoms with E-state index in [0.717, 1.165) is 58.9 Å². The first-order valence-corrected chi connectivity index (χ1v) is 8.06. The monoisotopic (exact) mass is 340 g/mol. The Morgan fingerprint density at radius 2 is 2.26 bits per heavy atom. The highest BCUT2D eigenvalue weighted by Crippen LogP contribution is 2.13. The van der Waals surface area contributed by atoms with Crippen LogP contribution in [0.2, 0.25) is 0 Å². The summed E-state index contributed by atoms with van der Waals surface area (Å²) in [6.45, 7) is 7.04. The fourth-order valence-electron chi connectivity index (χ4n) is 3.08. The highest BCUT2D eigenvalue weighted by Gasteiger charge is 2.27. The second-order valence-electron chi connectivity index (χ2n) is 5.84. The number of hydrogen-bond acceptors (Lipinski definition) is 5. The lowest BCUT2D eigenvalue weighted by Crippen LogP contribution is -2.47. The number of carbonyl (C=O) groups excluding carboxylic acids is 1. The minimum atomic E-state index is 0. The summed E-state index contributed by atoms with van der Waals surface area (Å²) in [7, 11) is 0. The van der Waals surface area contributed by atoms with E-state index in [4.69, 9.17) is 4.74 Å². The van der Waals surface area contributed by atoms with Crippen molar-refractivity contribution in [1.82, 2.24) is 20.1 Å². The Labute approximate surface area is 143 Å². The maximum Gasteiger partial charge on any atom is 0.255 e. The van der Waals surface area contributed by atoms with Crippen molar-refractivity contribution in [2.24, 2.45) is 0 Å². The normalized spacial score (nSPS) is 21.7. The van der Waals surface area contributed by atoms with Gasteiger partial charge in [0.1, 0.15) is 0 Å². The van der Waals surface area contributed by atoms with Crippen molar-refractivity contribution >= 4 is 18.3 Å². The summed E-state index contributed by atoms with van der Waals surface area (Å²) in [5, 5.41) is 3.35. The zero-order valence-corrected chi connectivity index (χ0v) is 14.1. The van der Waals surface area contributed by atoms with Gasteiger partial charge in [-0.05, 0) is 25.1 Å². The number of nitrogens with one attached hydrogen (secondary N) is 1. The van der Waals surface area contributed by atoms with Crippen LogP contribution in [0.5, 0.6) is 0 Å². The van der Waals surface area contributed by atoms with Gasteiger partial charge in [-0.1, -0.05) is 0 Å². The van der Waals surface area contributed by atoms with Crippen LogP contribution in [0.15, 0.2) is 24.5 Å². The molecule has 1 aromatic rings. The maximum atomic E-state index is 12.8. The highest BCUT2D eigenvalue weighted by atomic mass is 35.5. The van der Waals surface area contributed by atoms with E-state index in [0.29, 0.717) is 5.56 Å². The van der Waals surface area contributed by atoms with E-state index in [1.165, 1.54) is 0 Å². The Balaban J connectivity index is 0.00000192. The Morgan fingerprint density at radius 1 is 1.43 bits per heavy atom. The van der Waals surface area contributed by atoms with Gasteiger partial charge in [-0.25, -0.2) is 0 Å². The van der Waals surface area contributed by atoms with Crippen molar-refractivity contribution in [3.8, 4) is 0 Å². The minimum Gasteiger partial charge on any atom is -0.379 e. The topological polar surface area (TPSA) is 57.7 Å². The summed E-state index contributed by atoms with van der Waals surface area (Å²) in [6, 6.07) is 3.95. The van der Waals surface area contributed by atoms with E-state index in [1.54, 1.807) is 12.4 Å². The fourth-order valence-corrected chi connectivity index (χ4v) is 3.08. The van der Waals surface area contributed by atoms with Gasteiger partial charge in [0.05, 0.1) is 18.8 Å². The van der Waals surface area contributed by atoms with Crippen LogP contribution in [-0.2, 0) is 4.74 Å². The lowest BCUT2D eigenvalue weighted by Gasteiger charge is -2.33. The molecule has 128 valence electrons. The van der Waals surface area contributed by atoms with Crippen LogP contribution in [0.3, 0.4) is 0 Å². The minimum absolute atomic E-state index is 0. The zero-order valence-electron chi connectivity index (χ0n) is 13.3. The van der Waals surface area contributed by atoms with Crippen LogP contribution in [0.25, 0.3) is 0 Å². The van der Waals surface area contributed by atoms with Gasteiger partial charge in [-0.15, -0.1) is 12.4 Å². The van der Waals surface area contributed by atoms with Gasteiger partial charge >= 0.3 is 0 Å². The third-order valence-corrected chi connectivity index (χ3v) is 4.41. The second kappa shape index (κ2) is 9.17. The van der Waals surface area contributed by atoms with Crippen molar-refractivity contribution in [3.05, 3.63) is 30.1 Å². The van der Waals surface area contributed by atoms with E-state index >= 15 is 0 Å². The molecule has 0 radical (unpaired) electrons. The number of rotatable bonds is 5. The molecule has 7 heteroatoms. The number of aromatic nitrogens is 1. The van der Waals surface area contributed by atoms with Crippen molar-refractivity contribution in [2.45, 2.75) is 12.5 Å². The number of amides is 1.